The summed E-state index contributed by atoms with van der Waals surface area (Å²) in [6.07, 6.45) is 0. The van der Waals surface area contributed by atoms with Gasteiger partial charge in [-0.15, -0.1) is 0 Å². The number of carbonyl (C=O) groups is 1. The second-order valence-electron chi connectivity index (χ2n) is 4.45. The number of hydrogen-bond acceptors (Lipinski definition) is 2. The number of carboxylic acid groups (broad SMARTS) is 1. The van der Waals surface area contributed by atoms with Crippen LogP contribution < -0.4 is 0 Å². The van der Waals surface area contributed by atoms with E-state index in [1.165, 1.54) is 24.3 Å². The van der Waals surface area contributed by atoms with Gasteiger partial charge in [-0.25, -0.2) is 9.18 Å². The summed E-state index contributed by atoms with van der Waals surface area (Å²) >= 11 is 0. The largest absolute Gasteiger partial charge is 0.507 e. The van der Waals surface area contributed by atoms with E-state index in [0.29, 0.717) is 5.56 Å². The number of hydrogen-bond donors (Lipinski definition) is 2. The zero-order valence-electron chi connectivity index (χ0n) is 10.6. The van der Waals surface area contributed by atoms with Crippen LogP contribution in [0, 0.1) is 19.7 Å². The van der Waals surface area contributed by atoms with Crippen molar-refractivity contribution in [1.29, 1.82) is 0 Å². The number of aromatic hydroxyl groups is 1. The van der Waals surface area contributed by atoms with Crippen LogP contribution in [-0.4, -0.2) is 16.2 Å². The highest BCUT2D eigenvalue weighted by Crippen LogP contribution is 2.31. The molecule has 0 bridgehead atoms. The molecule has 2 rings (SSSR count). The second kappa shape index (κ2) is 4.72. The van der Waals surface area contributed by atoms with E-state index in [0.717, 1.165) is 16.7 Å². The van der Waals surface area contributed by atoms with Crippen LogP contribution in [0.1, 0.15) is 21.5 Å². The van der Waals surface area contributed by atoms with Gasteiger partial charge in [0.05, 0.1) is 0 Å². The number of carboxylic acids is 1. The molecule has 0 unspecified atom stereocenters. The third kappa shape index (κ3) is 2.42. The number of phenols is 1. The Bertz CT molecular complexity index is 639. The summed E-state index contributed by atoms with van der Waals surface area (Å²) in [5.74, 6) is -1.80. The molecule has 0 atom stereocenters. The fourth-order valence-electron chi connectivity index (χ4n) is 2.23. The smallest absolute Gasteiger partial charge is 0.339 e. The average molecular weight is 260 g/mol. The van der Waals surface area contributed by atoms with Crippen LogP contribution in [-0.2, 0) is 0 Å². The minimum atomic E-state index is -1.20. The number of aryl methyl sites for hydroxylation is 2. The normalized spacial score (nSPS) is 10.5. The predicted molar refractivity (Wildman–Crippen MR) is 69.9 cm³/mol. The summed E-state index contributed by atoms with van der Waals surface area (Å²) in [6, 6.07) is 7.15. The summed E-state index contributed by atoms with van der Waals surface area (Å²) in [6.45, 7) is 3.53. The third-order valence-electron chi connectivity index (χ3n) is 3.01. The monoisotopic (exact) mass is 260 g/mol. The molecule has 3 nitrogen and oxygen atoms in total. The van der Waals surface area contributed by atoms with Gasteiger partial charge in [0.25, 0.3) is 0 Å². The molecule has 0 aliphatic carbocycles. The molecule has 0 saturated heterocycles. The Morgan fingerprint density at radius 2 is 1.68 bits per heavy atom. The maximum absolute atomic E-state index is 13.3. The highest BCUT2D eigenvalue weighted by Gasteiger charge is 2.14. The predicted octanol–water partition coefficient (Wildman–Crippen LogP) is 3.51. The van der Waals surface area contributed by atoms with E-state index >= 15 is 0 Å². The molecule has 0 saturated carbocycles. The van der Waals surface area contributed by atoms with Gasteiger partial charge in [0.2, 0.25) is 0 Å². The zero-order valence-corrected chi connectivity index (χ0v) is 10.6. The van der Waals surface area contributed by atoms with E-state index in [1.807, 2.05) is 0 Å². The molecule has 19 heavy (non-hydrogen) atoms. The van der Waals surface area contributed by atoms with Crippen LogP contribution in [0.5, 0.6) is 5.75 Å². The Labute approximate surface area is 109 Å². The van der Waals surface area contributed by atoms with Gasteiger partial charge in [-0.2, -0.15) is 0 Å². The fraction of sp³-hybridized carbons (Fsp3) is 0.133. The maximum atomic E-state index is 13.3. The highest BCUT2D eigenvalue weighted by atomic mass is 19.1. The topological polar surface area (TPSA) is 57.5 Å². The Balaban J connectivity index is 2.66. The molecule has 4 heteroatoms. The molecule has 0 radical (unpaired) electrons. The lowest BCUT2D eigenvalue weighted by Gasteiger charge is -2.11. The minimum absolute atomic E-state index is 0.166. The average Bonchev–Trinajstić information content (AvgIpc) is 2.29. The Morgan fingerprint density at radius 1 is 1.11 bits per heavy atom. The van der Waals surface area contributed by atoms with Crippen molar-refractivity contribution in [2.45, 2.75) is 13.8 Å². The number of halogens is 1. The van der Waals surface area contributed by atoms with Crippen LogP contribution in [0.15, 0.2) is 30.3 Å². The Hall–Kier alpha value is -2.36. The quantitative estimate of drug-likeness (QED) is 0.868. The molecule has 98 valence electrons. The van der Waals surface area contributed by atoms with Crippen LogP contribution in [0.4, 0.5) is 4.39 Å². The molecule has 2 N–H and O–H groups in total. The molecule has 0 fully saturated rings. The first kappa shape index (κ1) is 13.1. The lowest BCUT2D eigenvalue weighted by molar-refractivity contribution is 0.0694. The molecule has 0 aliphatic heterocycles. The van der Waals surface area contributed by atoms with E-state index in [9.17, 15) is 14.3 Å². The summed E-state index contributed by atoms with van der Waals surface area (Å²) in [5.41, 5.74) is 2.70. The first-order chi connectivity index (χ1) is 8.90. The van der Waals surface area contributed by atoms with Crippen molar-refractivity contribution in [3.05, 3.63) is 52.8 Å². The first-order valence-corrected chi connectivity index (χ1v) is 5.73. The number of benzene rings is 2. The van der Waals surface area contributed by atoms with E-state index < -0.39 is 5.97 Å². The van der Waals surface area contributed by atoms with E-state index in [2.05, 4.69) is 0 Å². The lowest BCUT2D eigenvalue weighted by Crippen LogP contribution is -1.98. The van der Waals surface area contributed by atoms with Crippen molar-refractivity contribution in [3.8, 4) is 16.9 Å². The lowest BCUT2D eigenvalue weighted by atomic mass is 9.94. The molecule has 0 aromatic heterocycles. The van der Waals surface area contributed by atoms with Crippen molar-refractivity contribution >= 4 is 5.97 Å². The third-order valence-corrected chi connectivity index (χ3v) is 3.01. The van der Waals surface area contributed by atoms with Crippen molar-refractivity contribution in [3.63, 3.8) is 0 Å². The van der Waals surface area contributed by atoms with Gasteiger partial charge in [0.15, 0.2) is 0 Å². The van der Waals surface area contributed by atoms with Crippen LogP contribution in [0.3, 0.4) is 0 Å². The fourth-order valence-corrected chi connectivity index (χ4v) is 2.23. The van der Waals surface area contributed by atoms with Crippen molar-refractivity contribution in [1.82, 2.24) is 0 Å². The van der Waals surface area contributed by atoms with E-state index in [1.54, 1.807) is 19.9 Å². The standard InChI is InChI=1S/C15H13FO3/c1-8-5-11(16)6-9(2)14(8)10-3-4-13(17)12(7-10)15(18)19/h3-7,17H,1-2H3,(H,18,19). The van der Waals surface area contributed by atoms with Gasteiger partial charge in [-0.1, -0.05) is 6.07 Å². The molecule has 2 aromatic carbocycles. The van der Waals surface area contributed by atoms with E-state index in [4.69, 9.17) is 5.11 Å². The zero-order chi connectivity index (χ0) is 14.2. The number of aromatic carboxylic acids is 1. The van der Waals surface area contributed by atoms with Crippen molar-refractivity contribution < 1.29 is 19.4 Å². The molecule has 0 spiro atoms. The highest BCUT2D eigenvalue weighted by molar-refractivity contribution is 5.92. The van der Waals surface area contributed by atoms with Crippen LogP contribution in [0.25, 0.3) is 11.1 Å². The van der Waals surface area contributed by atoms with Gasteiger partial charge in [0.1, 0.15) is 17.1 Å². The van der Waals surface area contributed by atoms with E-state index in [-0.39, 0.29) is 17.1 Å². The van der Waals surface area contributed by atoms with Crippen molar-refractivity contribution in [2.75, 3.05) is 0 Å². The van der Waals surface area contributed by atoms with Gasteiger partial charge in [-0.3, -0.25) is 0 Å². The Kier molecular flexibility index (Phi) is 3.25. The van der Waals surface area contributed by atoms with Crippen LogP contribution >= 0.6 is 0 Å². The second-order valence-corrected chi connectivity index (χ2v) is 4.45. The van der Waals surface area contributed by atoms with Crippen molar-refractivity contribution in [2.24, 2.45) is 0 Å². The SMILES string of the molecule is Cc1cc(F)cc(C)c1-c1ccc(O)c(C(=O)O)c1. The van der Waals surface area contributed by atoms with Gasteiger partial charge in [-0.05, 0) is 60.4 Å². The maximum Gasteiger partial charge on any atom is 0.339 e. The van der Waals surface area contributed by atoms with Crippen LogP contribution in [0.2, 0.25) is 0 Å². The van der Waals surface area contributed by atoms with Gasteiger partial charge >= 0.3 is 5.97 Å². The number of rotatable bonds is 2. The molecular formula is C15H13FO3. The minimum Gasteiger partial charge on any atom is -0.507 e. The summed E-state index contributed by atoms with van der Waals surface area (Å²) in [7, 11) is 0. The Morgan fingerprint density at radius 3 is 2.21 bits per heavy atom. The summed E-state index contributed by atoms with van der Waals surface area (Å²) in [4.78, 5) is 11.0. The molecular weight excluding hydrogens is 247 g/mol. The van der Waals surface area contributed by atoms with Gasteiger partial charge < -0.3 is 10.2 Å². The molecule has 0 amide bonds. The van der Waals surface area contributed by atoms with Gasteiger partial charge in [0, 0.05) is 0 Å². The molecule has 0 aliphatic rings. The first-order valence-electron chi connectivity index (χ1n) is 5.73. The summed E-state index contributed by atoms with van der Waals surface area (Å²) < 4.78 is 13.3. The summed E-state index contributed by atoms with van der Waals surface area (Å²) in [5, 5.41) is 18.5. The molecule has 2 aromatic rings. The molecule has 0 heterocycles.